The standard InChI is InChI=1S/C13H17F5O6S/c1-7-4-8(5-11(7,2)3)23-6-9(19)24-10(12(14,15)16)13(17,18)25(20,21)22/h5,7,10H,4,6H2,1-3H3,(H,20,21,22)/t7-,10?/m1/s1. The minimum absolute atomic E-state index is 0.116. The number of ether oxygens (including phenoxy) is 2. The molecule has 0 aliphatic heterocycles. The van der Waals surface area contributed by atoms with Crippen molar-refractivity contribution < 1.29 is 49.2 Å². The molecule has 0 saturated heterocycles. The summed E-state index contributed by atoms with van der Waals surface area (Å²) >= 11 is 0. The lowest BCUT2D eigenvalue weighted by Crippen LogP contribution is -2.52. The minimum Gasteiger partial charge on any atom is -0.487 e. The van der Waals surface area contributed by atoms with Crippen LogP contribution in [0.25, 0.3) is 0 Å². The Labute approximate surface area is 140 Å². The van der Waals surface area contributed by atoms with Gasteiger partial charge in [0.2, 0.25) is 0 Å². The topological polar surface area (TPSA) is 89.9 Å². The van der Waals surface area contributed by atoms with E-state index in [-0.39, 0.29) is 17.1 Å². The number of esters is 1. The SMILES string of the molecule is C[C@@H]1CC(OCC(=O)OC(C(F)(F)F)C(F)(F)S(=O)(=O)O)=CC1(C)C. The summed E-state index contributed by atoms with van der Waals surface area (Å²) < 4.78 is 102. The highest BCUT2D eigenvalue weighted by atomic mass is 32.2. The summed E-state index contributed by atoms with van der Waals surface area (Å²) in [6, 6.07) is 0. The van der Waals surface area contributed by atoms with E-state index in [1.165, 1.54) is 0 Å². The molecule has 1 aliphatic carbocycles. The van der Waals surface area contributed by atoms with E-state index < -0.39 is 40.2 Å². The van der Waals surface area contributed by atoms with Crippen molar-refractivity contribution in [3.63, 3.8) is 0 Å². The number of carbonyl (C=O) groups excluding carboxylic acids is 1. The van der Waals surface area contributed by atoms with E-state index >= 15 is 0 Å². The third-order valence-electron chi connectivity index (χ3n) is 3.88. The molecule has 0 aromatic rings. The third-order valence-corrected chi connectivity index (χ3v) is 4.78. The molecule has 1 aliphatic rings. The van der Waals surface area contributed by atoms with Crippen LogP contribution in [0, 0.1) is 11.3 Å². The molecule has 12 heteroatoms. The van der Waals surface area contributed by atoms with Crippen LogP contribution in [0.2, 0.25) is 0 Å². The Morgan fingerprint density at radius 2 is 1.88 bits per heavy atom. The van der Waals surface area contributed by atoms with Crippen molar-refractivity contribution in [2.45, 2.75) is 44.7 Å². The highest BCUT2D eigenvalue weighted by Gasteiger charge is 2.66. The van der Waals surface area contributed by atoms with Crippen molar-refractivity contribution in [2.75, 3.05) is 6.61 Å². The van der Waals surface area contributed by atoms with E-state index in [1.54, 1.807) is 6.08 Å². The van der Waals surface area contributed by atoms with E-state index in [1.807, 2.05) is 20.8 Å². The smallest absolute Gasteiger partial charge is 0.432 e. The number of hydrogen-bond donors (Lipinski definition) is 1. The molecule has 0 spiro atoms. The van der Waals surface area contributed by atoms with Crippen LogP contribution in [0.15, 0.2) is 11.8 Å². The van der Waals surface area contributed by atoms with Crippen LogP contribution in [-0.2, 0) is 24.4 Å². The zero-order chi connectivity index (χ0) is 19.8. The quantitative estimate of drug-likeness (QED) is 0.422. The number of halogens is 5. The molecule has 2 atom stereocenters. The average Bonchev–Trinajstić information content (AvgIpc) is 2.64. The summed E-state index contributed by atoms with van der Waals surface area (Å²) in [6.45, 7) is 4.47. The van der Waals surface area contributed by atoms with E-state index in [2.05, 4.69) is 4.74 Å². The molecule has 6 nitrogen and oxygen atoms in total. The first kappa shape index (κ1) is 21.6. The van der Waals surface area contributed by atoms with Gasteiger partial charge in [-0.05, 0) is 17.4 Å². The average molecular weight is 396 g/mol. The molecule has 0 heterocycles. The fraction of sp³-hybridized carbons (Fsp3) is 0.769. The summed E-state index contributed by atoms with van der Waals surface area (Å²) in [7, 11) is -6.47. The van der Waals surface area contributed by atoms with Gasteiger partial charge in [0, 0.05) is 6.42 Å². The largest absolute Gasteiger partial charge is 0.487 e. The molecule has 0 amide bonds. The molecule has 0 radical (unpaired) electrons. The Morgan fingerprint density at radius 3 is 2.24 bits per heavy atom. The molecule has 0 saturated carbocycles. The second kappa shape index (κ2) is 6.71. The Hall–Kier alpha value is -1.43. The summed E-state index contributed by atoms with van der Waals surface area (Å²) in [5, 5.41) is -5.76. The highest BCUT2D eigenvalue weighted by molar-refractivity contribution is 7.86. The molecule has 0 bridgehead atoms. The summed E-state index contributed by atoms with van der Waals surface area (Å²) in [5.74, 6) is -1.46. The molecule has 25 heavy (non-hydrogen) atoms. The van der Waals surface area contributed by atoms with Gasteiger partial charge >= 0.3 is 27.5 Å². The van der Waals surface area contributed by atoms with Crippen LogP contribution in [0.3, 0.4) is 0 Å². The fourth-order valence-corrected chi connectivity index (χ4v) is 2.51. The van der Waals surface area contributed by atoms with Crippen molar-refractivity contribution in [1.29, 1.82) is 0 Å². The van der Waals surface area contributed by atoms with Crippen LogP contribution in [-0.4, -0.2) is 43.1 Å². The maximum atomic E-state index is 13.3. The Balaban J connectivity index is 2.82. The van der Waals surface area contributed by atoms with Gasteiger partial charge in [0.05, 0.1) is 5.76 Å². The molecule has 0 aromatic carbocycles. The van der Waals surface area contributed by atoms with Gasteiger partial charge in [0.1, 0.15) is 0 Å². The molecular weight excluding hydrogens is 379 g/mol. The van der Waals surface area contributed by atoms with Crippen LogP contribution in [0.1, 0.15) is 27.2 Å². The maximum absolute atomic E-state index is 13.3. The zero-order valence-electron chi connectivity index (χ0n) is 13.4. The Bertz CT molecular complexity index is 652. The number of hydrogen-bond acceptors (Lipinski definition) is 5. The lowest BCUT2D eigenvalue weighted by molar-refractivity contribution is -0.260. The highest BCUT2D eigenvalue weighted by Crippen LogP contribution is 2.41. The van der Waals surface area contributed by atoms with Crippen LogP contribution in [0.5, 0.6) is 0 Å². The summed E-state index contributed by atoms with van der Waals surface area (Å²) in [5.41, 5.74) is -0.286. The second-order valence-corrected chi connectivity index (χ2v) is 7.77. The van der Waals surface area contributed by atoms with Crippen molar-refractivity contribution in [2.24, 2.45) is 11.3 Å². The van der Waals surface area contributed by atoms with Gasteiger partial charge in [0.25, 0.3) is 6.10 Å². The first-order valence-corrected chi connectivity index (χ1v) is 8.38. The molecular formula is C13H17F5O6S. The zero-order valence-corrected chi connectivity index (χ0v) is 14.2. The van der Waals surface area contributed by atoms with Crippen LogP contribution in [0.4, 0.5) is 22.0 Å². The molecule has 1 unspecified atom stereocenters. The van der Waals surface area contributed by atoms with Gasteiger partial charge in [-0.3, -0.25) is 4.55 Å². The van der Waals surface area contributed by atoms with E-state index in [0.717, 1.165) is 0 Å². The normalized spacial score (nSPS) is 22.3. The van der Waals surface area contributed by atoms with Crippen molar-refractivity contribution >= 4 is 16.1 Å². The Morgan fingerprint density at radius 1 is 1.36 bits per heavy atom. The van der Waals surface area contributed by atoms with Crippen LogP contribution >= 0.6 is 0 Å². The summed E-state index contributed by atoms with van der Waals surface area (Å²) in [6.07, 6.45) is -8.28. The van der Waals surface area contributed by atoms with E-state index in [4.69, 9.17) is 9.29 Å². The van der Waals surface area contributed by atoms with E-state index in [9.17, 15) is 35.2 Å². The van der Waals surface area contributed by atoms with E-state index in [0.29, 0.717) is 6.42 Å². The van der Waals surface area contributed by atoms with Crippen molar-refractivity contribution in [3.05, 3.63) is 11.8 Å². The second-order valence-electron chi connectivity index (χ2n) is 6.27. The summed E-state index contributed by atoms with van der Waals surface area (Å²) in [4.78, 5) is 11.4. The molecule has 0 aromatic heterocycles. The maximum Gasteiger partial charge on any atom is 0.432 e. The van der Waals surface area contributed by atoms with Gasteiger partial charge < -0.3 is 9.47 Å². The third kappa shape index (κ3) is 5.03. The first-order chi connectivity index (χ1) is 11.0. The van der Waals surface area contributed by atoms with Crippen molar-refractivity contribution in [1.82, 2.24) is 0 Å². The first-order valence-electron chi connectivity index (χ1n) is 6.94. The molecule has 0 fully saturated rings. The number of allylic oxidation sites excluding steroid dienone is 2. The number of carbonyl (C=O) groups is 1. The van der Waals surface area contributed by atoms with Gasteiger partial charge in [-0.15, -0.1) is 0 Å². The lowest BCUT2D eigenvalue weighted by Gasteiger charge is -2.26. The number of alkyl halides is 5. The van der Waals surface area contributed by atoms with Crippen molar-refractivity contribution in [3.8, 4) is 0 Å². The predicted molar refractivity (Wildman–Crippen MR) is 74.0 cm³/mol. The molecule has 1 N–H and O–H groups in total. The van der Waals surface area contributed by atoms with Gasteiger partial charge in [-0.25, -0.2) is 4.79 Å². The van der Waals surface area contributed by atoms with Gasteiger partial charge in [-0.2, -0.15) is 30.4 Å². The molecule has 146 valence electrons. The minimum atomic E-state index is -6.47. The van der Waals surface area contributed by atoms with Gasteiger partial charge in [0.15, 0.2) is 6.61 Å². The monoisotopic (exact) mass is 396 g/mol. The molecule has 1 rings (SSSR count). The van der Waals surface area contributed by atoms with Gasteiger partial charge in [-0.1, -0.05) is 20.8 Å². The lowest BCUT2D eigenvalue weighted by atomic mass is 9.84. The Kier molecular flexibility index (Phi) is 5.80. The number of rotatable bonds is 6. The van der Waals surface area contributed by atoms with Crippen LogP contribution < -0.4 is 0 Å². The fourth-order valence-electron chi connectivity index (χ4n) is 2.06. The predicted octanol–water partition coefficient (Wildman–Crippen LogP) is 2.91.